The van der Waals surface area contributed by atoms with Crippen LogP contribution in [0.15, 0.2) is 45.9 Å². The van der Waals surface area contributed by atoms with Crippen LogP contribution < -0.4 is 10.5 Å². The van der Waals surface area contributed by atoms with Crippen molar-refractivity contribution in [1.29, 1.82) is 0 Å². The molecule has 0 aliphatic heterocycles. The van der Waals surface area contributed by atoms with E-state index in [0.29, 0.717) is 10.3 Å². The third-order valence-corrected chi connectivity index (χ3v) is 4.27. The Morgan fingerprint density at radius 2 is 2.00 bits per heavy atom. The number of pyridine rings is 1. The Morgan fingerprint density at radius 1 is 1.29 bits per heavy atom. The summed E-state index contributed by atoms with van der Waals surface area (Å²) in [7, 11) is -3.87. The Kier molecular flexibility index (Phi) is 4.40. The molecule has 2 rings (SSSR count). The molecule has 8 heteroatoms. The number of aromatic nitrogens is 1. The van der Waals surface area contributed by atoms with Crippen molar-refractivity contribution in [2.24, 2.45) is 5.14 Å². The quantitative estimate of drug-likeness (QED) is 0.863. The molecule has 0 spiro atoms. The number of primary sulfonamides is 1. The predicted molar refractivity (Wildman–Crippen MR) is 82.4 cm³/mol. The summed E-state index contributed by atoms with van der Waals surface area (Å²) in [5.74, 6) is -0.109. The molecule has 1 aromatic carbocycles. The number of nitrogens with one attached hydrogen (secondary N) is 1. The molecule has 0 atom stereocenters. The first kappa shape index (κ1) is 15.6. The van der Waals surface area contributed by atoms with Gasteiger partial charge in [-0.2, -0.15) is 0 Å². The number of benzene rings is 1. The molecular weight excluding hydrogens is 358 g/mol. The molecule has 0 aliphatic rings. The fourth-order valence-electron chi connectivity index (χ4n) is 1.58. The van der Waals surface area contributed by atoms with Crippen LogP contribution in [-0.2, 0) is 10.0 Å². The van der Waals surface area contributed by atoms with Gasteiger partial charge in [-0.1, -0.05) is 6.07 Å². The summed E-state index contributed by atoms with van der Waals surface area (Å²) in [6.45, 7) is 1.88. The maximum absolute atomic E-state index is 12.2. The van der Waals surface area contributed by atoms with E-state index in [4.69, 9.17) is 5.14 Å². The Balaban J connectivity index is 2.32. The van der Waals surface area contributed by atoms with Gasteiger partial charge in [0.15, 0.2) is 0 Å². The second-order valence-corrected chi connectivity index (χ2v) is 6.78. The minimum absolute atomic E-state index is 0.132. The summed E-state index contributed by atoms with van der Waals surface area (Å²) >= 11 is 3.21. The standard InChI is InChI=1S/C13H12BrN3O3S/c1-8-2-5-12(16-7-8)17-13(18)10-6-9(21(15,19)20)3-4-11(10)14/h2-7H,1H3,(H2,15,19,20)(H,16,17,18). The number of nitrogens with zero attached hydrogens (tertiary/aromatic N) is 1. The lowest BCUT2D eigenvalue weighted by atomic mass is 10.2. The van der Waals surface area contributed by atoms with Crippen LogP contribution in [0.1, 0.15) is 15.9 Å². The summed E-state index contributed by atoms with van der Waals surface area (Å²) in [4.78, 5) is 16.1. The minimum atomic E-state index is -3.87. The summed E-state index contributed by atoms with van der Waals surface area (Å²) in [5, 5.41) is 7.65. The lowest BCUT2D eigenvalue weighted by Gasteiger charge is -2.08. The number of rotatable bonds is 3. The van der Waals surface area contributed by atoms with Crippen LogP contribution in [0, 0.1) is 6.92 Å². The van der Waals surface area contributed by atoms with Gasteiger partial charge in [0.1, 0.15) is 5.82 Å². The zero-order chi connectivity index (χ0) is 15.6. The van der Waals surface area contributed by atoms with Gasteiger partial charge in [-0.3, -0.25) is 4.79 Å². The van der Waals surface area contributed by atoms with Crippen LogP contribution in [0.5, 0.6) is 0 Å². The molecule has 0 saturated carbocycles. The fraction of sp³-hybridized carbons (Fsp3) is 0.0769. The number of sulfonamides is 1. The van der Waals surface area contributed by atoms with E-state index in [-0.39, 0.29) is 10.5 Å². The fourth-order valence-corrected chi connectivity index (χ4v) is 2.55. The van der Waals surface area contributed by atoms with Crippen molar-refractivity contribution in [2.45, 2.75) is 11.8 Å². The van der Waals surface area contributed by atoms with Crippen molar-refractivity contribution < 1.29 is 13.2 Å². The maximum atomic E-state index is 12.2. The number of nitrogens with two attached hydrogens (primary N) is 1. The minimum Gasteiger partial charge on any atom is -0.307 e. The van der Waals surface area contributed by atoms with E-state index in [1.807, 2.05) is 6.92 Å². The van der Waals surface area contributed by atoms with E-state index < -0.39 is 15.9 Å². The number of anilines is 1. The number of halogens is 1. The van der Waals surface area contributed by atoms with Crippen molar-refractivity contribution in [2.75, 3.05) is 5.32 Å². The largest absolute Gasteiger partial charge is 0.307 e. The summed E-state index contributed by atoms with van der Waals surface area (Å²) < 4.78 is 23.1. The molecule has 0 unspecified atom stereocenters. The molecule has 1 amide bonds. The average Bonchev–Trinajstić information content (AvgIpc) is 2.40. The maximum Gasteiger partial charge on any atom is 0.258 e. The molecule has 110 valence electrons. The normalized spacial score (nSPS) is 11.2. The van der Waals surface area contributed by atoms with E-state index in [9.17, 15) is 13.2 Å². The second-order valence-electron chi connectivity index (χ2n) is 4.36. The first-order valence-corrected chi connectivity index (χ1v) is 8.17. The van der Waals surface area contributed by atoms with E-state index in [2.05, 4.69) is 26.2 Å². The van der Waals surface area contributed by atoms with Gasteiger partial charge in [0, 0.05) is 10.7 Å². The average molecular weight is 370 g/mol. The van der Waals surface area contributed by atoms with Crippen molar-refractivity contribution in [3.63, 3.8) is 0 Å². The molecular formula is C13H12BrN3O3S. The number of hydrogen-bond donors (Lipinski definition) is 2. The first-order valence-electron chi connectivity index (χ1n) is 5.84. The van der Waals surface area contributed by atoms with Gasteiger partial charge in [-0.15, -0.1) is 0 Å². The molecule has 1 heterocycles. The highest BCUT2D eigenvalue weighted by Gasteiger charge is 2.16. The number of hydrogen-bond acceptors (Lipinski definition) is 4. The number of carbonyl (C=O) groups excluding carboxylic acids is 1. The molecule has 0 fully saturated rings. The van der Waals surface area contributed by atoms with Crippen LogP contribution in [0.25, 0.3) is 0 Å². The van der Waals surface area contributed by atoms with Gasteiger partial charge in [0.2, 0.25) is 10.0 Å². The van der Waals surface area contributed by atoms with Crippen molar-refractivity contribution >= 4 is 37.7 Å². The Labute approximate surface area is 130 Å². The van der Waals surface area contributed by atoms with E-state index in [1.165, 1.54) is 18.2 Å². The topological polar surface area (TPSA) is 102 Å². The van der Waals surface area contributed by atoms with Gasteiger partial charge in [0.05, 0.1) is 10.5 Å². The van der Waals surface area contributed by atoms with Crippen LogP contribution in [0.2, 0.25) is 0 Å². The number of aryl methyl sites for hydroxylation is 1. The Morgan fingerprint density at radius 3 is 2.57 bits per heavy atom. The summed E-state index contributed by atoms with van der Waals surface area (Å²) in [5.41, 5.74) is 1.12. The number of amides is 1. The zero-order valence-corrected chi connectivity index (χ0v) is 13.4. The predicted octanol–water partition coefficient (Wildman–Crippen LogP) is 2.05. The third kappa shape index (κ3) is 3.87. The molecule has 0 radical (unpaired) electrons. The van der Waals surface area contributed by atoms with Crippen LogP contribution in [-0.4, -0.2) is 19.3 Å². The van der Waals surface area contributed by atoms with E-state index in [0.717, 1.165) is 5.56 Å². The van der Waals surface area contributed by atoms with E-state index in [1.54, 1.807) is 18.3 Å². The summed E-state index contributed by atoms with van der Waals surface area (Å²) in [6.07, 6.45) is 1.62. The van der Waals surface area contributed by atoms with E-state index >= 15 is 0 Å². The Bertz CT molecular complexity index is 789. The highest BCUT2D eigenvalue weighted by atomic mass is 79.9. The monoisotopic (exact) mass is 369 g/mol. The molecule has 2 aromatic rings. The highest BCUT2D eigenvalue weighted by Crippen LogP contribution is 2.21. The molecule has 1 aromatic heterocycles. The van der Waals surface area contributed by atoms with Crippen LogP contribution in [0.4, 0.5) is 5.82 Å². The van der Waals surface area contributed by atoms with Crippen LogP contribution >= 0.6 is 15.9 Å². The molecule has 0 bridgehead atoms. The first-order chi connectivity index (χ1) is 9.77. The molecule has 0 aliphatic carbocycles. The van der Waals surface area contributed by atoms with Crippen molar-refractivity contribution in [3.8, 4) is 0 Å². The zero-order valence-electron chi connectivity index (χ0n) is 11.0. The smallest absolute Gasteiger partial charge is 0.258 e. The summed E-state index contributed by atoms with van der Waals surface area (Å²) in [6, 6.07) is 7.45. The SMILES string of the molecule is Cc1ccc(NC(=O)c2cc(S(N)(=O)=O)ccc2Br)nc1. The molecule has 0 saturated heterocycles. The van der Waals surface area contributed by atoms with Crippen LogP contribution in [0.3, 0.4) is 0 Å². The van der Waals surface area contributed by atoms with Gasteiger partial charge in [0.25, 0.3) is 5.91 Å². The Hall–Kier alpha value is -1.77. The van der Waals surface area contributed by atoms with Crippen molar-refractivity contribution in [3.05, 3.63) is 52.1 Å². The molecule has 3 N–H and O–H groups in total. The molecule has 21 heavy (non-hydrogen) atoms. The lowest BCUT2D eigenvalue weighted by molar-refractivity contribution is 0.102. The van der Waals surface area contributed by atoms with Gasteiger partial charge in [-0.25, -0.2) is 18.5 Å². The van der Waals surface area contributed by atoms with Gasteiger partial charge >= 0.3 is 0 Å². The third-order valence-electron chi connectivity index (χ3n) is 2.66. The number of carbonyl (C=O) groups is 1. The van der Waals surface area contributed by atoms with Gasteiger partial charge < -0.3 is 5.32 Å². The van der Waals surface area contributed by atoms with Gasteiger partial charge in [-0.05, 0) is 52.7 Å². The second kappa shape index (κ2) is 5.92. The lowest BCUT2D eigenvalue weighted by Crippen LogP contribution is -2.16. The highest BCUT2D eigenvalue weighted by molar-refractivity contribution is 9.10. The molecule has 6 nitrogen and oxygen atoms in total. The van der Waals surface area contributed by atoms with Crippen molar-refractivity contribution in [1.82, 2.24) is 4.98 Å².